The standard InChI is InChI=1S/C45H28N2O2/c1-2-9-29(10-3-1)30-17-21-34(22-18-30)47(44-27-43-40(28-46-44)39-25-32-11-4-5-12-33(32)26-42(39)48-43)35-23-19-31(20-24-35)36-14-8-15-38-37-13-6-7-16-41(37)49-45(36)38/h1-28H. The van der Waals surface area contributed by atoms with Crippen LogP contribution in [0.25, 0.3) is 76.9 Å². The third-order valence-electron chi connectivity index (χ3n) is 9.51. The second-order valence-electron chi connectivity index (χ2n) is 12.4. The fraction of sp³-hybridized carbons (Fsp3) is 0. The first kappa shape index (κ1) is 27.5. The molecule has 49 heavy (non-hydrogen) atoms. The Bertz CT molecular complexity index is 2810. The van der Waals surface area contributed by atoms with Gasteiger partial charge < -0.3 is 8.83 Å². The van der Waals surface area contributed by atoms with Crippen LogP contribution >= 0.6 is 0 Å². The summed E-state index contributed by atoms with van der Waals surface area (Å²) in [6.45, 7) is 0. The number of para-hydroxylation sites is 2. The van der Waals surface area contributed by atoms with Gasteiger partial charge in [-0.05, 0) is 69.9 Å². The first-order chi connectivity index (χ1) is 24.3. The highest BCUT2D eigenvalue weighted by Crippen LogP contribution is 2.40. The molecule has 0 radical (unpaired) electrons. The average Bonchev–Trinajstić information content (AvgIpc) is 3.72. The number of rotatable bonds is 5. The van der Waals surface area contributed by atoms with Crippen LogP contribution in [0.5, 0.6) is 0 Å². The van der Waals surface area contributed by atoms with Gasteiger partial charge in [0.2, 0.25) is 0 Å². The van der Waals surface area contributed by atoms with Gasteiger partial charge in [-0.3, -0.25) is 4.90 Å². The maximum atomic E-state index is 6.47. The molecular weight excluding hydrogens is 601 g/mol. The highest BCUT2D eigenvalue weighted by atomic mass is 16.3. The summed E-state index contributed by atoms with van der Waals surface area (Å²) in [7, 11) is 0. The Labute approximate surface area is 282 Å². The zero-order valence-corrected chi connectivity index (χ0v) is 26.4. The molecule has 0 unspecified atom stereocenters. The van der Waals surface area contributed by atoms with E-state index in [1.165, 1.54) is 10.9 Å². The number of fused-ring (bicyclic) bond motifs is 7. The van der Waals surface area contributed by atoms with Gasteiger partial charge >= 0.3 is 0 Å². The third-order valence-corrected chi connectivity index (χ3v) is 9.51. The van der Waals surface area contributed by atoms with E-state index < -0.39 is 0 Å². The Hall–Kier alpha value is -6.65. The molecule has 0 atom stereocenters. The summed E-state index contributed by atoms with van der Waals surface area (Å²) in [6.07, 6.45) is 1.94. The van der Waals surface area contributed by atoms with Crippen molar-refractivity contribution in [3.63, 3.8) is 0 Å². The molecule has 0 bridgehead atoms. The fourth-order valence-corrected chi connectivity index (χ4v) is 7.08. The van der Waals surface area contributed by atoms with Crippen molar-refractivity contribution < 1.29 is 8.83 Å². The number of anilines is 3. The largest absolute Gasteiger partial charge is 0.456 e. The van der Waals surface area contributed by atoms with Crippen LogP contribution in [-0.2, 0) is 0 Å². The van der Waals surface area contributed by atoms with Crippen molar-refractivity contribution in [2.24, 2.45) is 0 Å². The van der Waals surface area contributed by atoms with Crippen molar-refractivity contribution in [2.75, 3.05) is 4.90 Å². The van der Waals surface area contributed by atoms with Gasteiger partial charge in [0.15, 0.2) is 0 Å². The first-order valence-electron chi connectivity index (χ1n) is 16.4. The van der Waals surface area contributed by atoms with Gasteiger partial charge in [-0.15, -0.1) is 0 Å². The van der Waals surface area contributed by atoms with E-state index in [9.17, 15) is 0 Å². The van der Waals surface area contributed by atoms with Crippen molar-refractivity contribution >= 4 is 71.8 Å². The van der Waals surface area contributed by atoms with Gasteiger partial charge in [0.25, 0.3) is 0 Å². The summed E-state index contributed by atoms with van der Waals surface area (Å²) >= 11 is 0. The minimum atomic E-state index is 0.774. The molecule has 4 nitrogen and oxygen atoms in total. The van der Waals surface area contributed by atoms with E-state index >= 15 is 0 Å². The van der Waals surface area contributed by atoms with Crippen molar-refractivity contribution in [3.8, 4) is 22.3 Å². The van der Waals surface area contributed by atoms with E-state index in [1.807, 2.05) is 30.5 Å². The number of benzene rings is 7. The number of hydrogen-bond acceptors (Lipinski definition) is 4. The Morgan fingerprint density at radius 2 is 1.04 bits per heavy atom. The Kier molecular flexibility index (Phi) is 6.15. The Morgan fingerprint density at radius 3 is 1.84 bits per heavy atom. The Morgan fingerprint density at radius 1 is 0.408 bits per heavy atom. The molecule has 0 N–H and O–H groups in total. The lowest BCUT2D eigenvalue weighted by Crippen LogP contribution is -2.11. The van der Waals surface area contributed by atoms with Crippen LogP contribution in [0.1, 0.15) is 0 Å². The van der Waals surface area contributed by atoms with E-state index in [1.54, 1.807) is 0 Å². The number of hydrogen-bond donors (Lipinski definition) is 0. The lowest BCUT2D eigenvalue weighted by Gasteiger charge is -2.24. The SMILES string of the molecule is c1ccc(-c2ccc(N(c3ccc(-c4cccc5c4oc4ccccc45)cc3)c3cc4oc5cc6ccccc6cc5c4cn3)cc2)cc1. The molecule has 0 aliphatic heterocycles. The highest BCUT2D eigenvalue weighted by molar-refractivity contribution is 6.11. The monoisotopic (exact) mass is 628 g/mol. The van der Waals surface area contributed by atoms with Crippen LogP contribution in [-0.4, -0.2) is 4.98 Å². The summed E-state index contributed by atoms with van der Waals surface area (Å²) in [5.74, 6) is 0.774. The maximum Gasteiger partial charge on any atom is 0.143 e. The normalized spacial score (nSPS) is 11.7. The van der Waals surface area contributed by atoms with E-state index in [0.717, 1.165) is 83.1 Å². The van der Waals surface area contributed by atoms with Crippen molar-refractivity contribution in [1.82, 2.24) is 4.98 Å². The van der Waals surface area contributed by atoms with E-state index in [-0.39, 0.29) is 0 Å². The molecule has 0 amide bonds. The topological polar surface area (TPSA) is 42.4 Å². The molecular formula is C45H28N2O2. The predicted octanol–water partition coefficient (Wildman–Crippen LogP) is 12.8. The third kappa shape index (κ3) is 4.57. The molecule has 3 heterocycles. The van der Waals surface area contributed by atoms with Gasteiger partial charge in [0.1, 0.15) is 28.1 Å². The van der Waals surface area contributed by atoms with Crippen molar-refractivity contribution in [2.45, 2.75) is 0 Å². The second-order valence-corrected chi connectivity index (χ2v) is 12.4. The molecule has 3 aromatic heterocycles. The quantitative estimate of drug-likeness (QED) is 0.190. The van der Waals surface area contributed by atoms with E-state index in [4.69, 9.17) is 13.8 Å². The van der Waals surface area contributed by atoms with Crippen LogP contribution in [0.15, 0.2) is 179 Å². The molecule has 10 aromatic rings. The highest BCUT2D eigenvalue weighted by Gasteiger charge is 2.18. The minimum Gasteiger partial charge on any atom is -0.456 e. The molecule has 7 aromatic carbocycles. The zero-order valence-electron chi connectivity index (χ0n) is 26.4. The summed E-state index contributed by atoms with van der Waals surface area (Å²) in [5, 5.41) is 6.64. The molecule has 4 heteroatoms. The molecule has 0 saturated carbocycles. The molecule has 0 fully saturated rings. The fourth-order valence-electron chi connectivity index (χ4n) is 7.08. The smallest absolute Gasteiger partial charge is 0.143 e. The maximum absolute atomic E-state index is 6.47. The molecule has 0 spiro atoms. The number of pyridine rings is 1. The first-order valence-corrected chi connectivity index (χ1v) is 16.4. The molecule has 10 rings (SSSR count). The van der Waals surface area contributed by atoms with Crippen LogP contribution in [0, 0.1) is 0 Å². The molecule has 0 aliphatic carbocycles. The zero-order chi connectivity index (χ0) is 32.3. The second kappa shape index (κ2) is 11.0. The van der Waals surface area contributed by atoms with Crippen LogP contribution in [0.4, 0.5) is 17.2 Å². The van der Waals surface area contributed by atoms with Crippen molar-refractivity contribution in [1.29, 1.82) is 0 Å². The van der Waals surface area contributed by atoms with Crippen LogP contribution in [0.3, 0.4) is 0 Å². The Balaban J connectivity index is 1.10. The number of nitrogens with zero attached hydrogens (tertiary/aromatic N) is 2. The van der Waals surface area contributed by atoms with Gasteiger partial charge in [0, 0.05) is 50.7 Å². The van der Waals surface area contributed by atoms with Gasteiger partial charge in [-0.2, -0.15) is 0 Å². The van der Waals surface area contributed by atoms with E-state index in [0.29, 0.717) is 0 Å². The summed E-state index contributed by atoms with van der Waals surface area (Å²) in [5.41, 5.74) is 9.92. The van der Waals surface area contributed by atoms with Gasteiger partial charge in [-0.25, -0.2) is 4.98 Å². The number of aromatic nitrogens is 1. The van der Waals surface area contributed by atoms with Gasteiger partial charge in [-0.1, -0.05) is 115 Å². The summed E-state index contributed by atoms with van der Waals surface area (Å²) < 4.78 is 12.8. The van der Waals surface area contributed by atoms with Crippen LogP contribution < -0.4 is 4.90 Å². The minimum absolute atomic E-state index is 0.774. The summed E-state index contributed by atoms with van der Waals surface area (Å²) in [4.78, 5) is 7.22. The van der Waals surface area contributed by atoms with E-state index in [2.05, 4.69) is 144 Å². The number of furan rings is 2. The van der Waals surface area contributed by atoms with Gasteiger partial charge in [0.05, 0.1) is 0 Å². The summed E-state index contributed by atoms with van der Waals surface area (Å²) in [6, 6.07) is 57.0. The lowest BCUT2D eigenvalue weighted by atomic mass is 10.0. The lowest BCUT2D eigenvalue weighted by molar-refractivity contribution is 0.669. The molecule has 230 valence electrons. The predicted molar refractivity (Wildman–Crippen MR) is 202 cm³/mol. The van der Waals surface area contributed by atoms with Crippen molar-refractivity contribution in [3.05, 3.63) is 170 Å². The molecule has 0 saturated heterocycles. The molecule has 0 aliphatic rings. The van der Waals surface area contributed by atoms with Crippen LogP contribution in [0.2, 0.25) is 0 Å². The average molecular weight is 629 g/mol.